The molecule has 0 saturated carbocycles. The van der Waals surface area contributed by atoms with E-state index < -0.39 is 0 Å². The smallest absolute Gasteiger partial charge is 0.330 e. The van der Waals surface area contributed by atoms with Gasteiger partial charge in [-0.05, 0) is 39.9 Å². The number of carbonyl (C=O) groups is 1. The molecule has 0 aliphatic carbocycles. The molecule has 74 valence electrons. The Labute approximate surface area is 90.5 Å². The number of carbonyl (C=O) groups excluding carboxylic acids is 1. The van der Waals surface area contributed by atoms with Crippen LogP contribution in [0.2, 0.25) is 0 Å². The highest BCUT2D eigenvalue weighted by molar-refractivity contribution is 8.21. The Kier molecular flexibility index (Phi) is 2.56. The molecule has 0 atom stereocenters. The Morgan fingerprint density at radius 3 is 3.07 bits per heavy atom. The molecule has 3 nitrogen and oxygen atoms in total. The minimum absolute atomic E-state index is 0.230. The molecule has 1 heterocycles. The lowest BCUT2D eigenvalue weighted by Crippen LogP contribution is -2.33. The van der Waals surface area contributed by atoms with Crippen LogP contribution < -0.4 is 9.64 Å². The summed E-state index contributed by atoms with van der Waals surface area (Å²) in [6.07, 6.45) is 0. The first kappa shape index (κ1) is 9.68. The number of ether oxygens (including phenoxy) is 1. The first-order valence-corrected chi connectivity index (χ1v) is 5.69. The van der Waals surface area contributed by atoms with Gasteiger partial charge in [0, 0.05) is 11.9 Å². The maximum absolute atomic E-state index is 11.1. The molecule has 0 unspecified atom stereocenters. The number of anilines is 1. The van der Waals surface area contributed by atoms with Crippen LogP contribution in [0.3, 0.4) is 0 Å². The minimum atomic E-state index is -0.230. The number of halogens is 1. The van der Waals surface area contributed by atoms with Gasteiger partial charge in [-0.15, -0.1) is 0 Å². The van der Waals surface area contributed by atoms with Crippen LogP contribution in [0.15, 0.2) is 23.1 Å². The molecule has 0 bridgehead atoms. The van der Waals surface area contributed by atoms with Gasteiger partial charge < -0.3 is 9.64 Å². The van der Waals surface area contributed by atoms with Gasteiger partial charge in [-0.3, -0.25) is 0 Å². The zero-order chi connectivity index (χ0) is 10.1. The van der Waals surface area contributed by atoms with Crippen LogP contribution in [-0.4, -0.2) is 19.6 Å². The fraction of sp³-hybridized carbons (Fsp3) is 0.222. The fourth-order valence-corrected chi connectivity index (χ4v) is 1.93. The van der Waals surface area contributed by atoms with Gasteiger partial charge in [-0.2, -0.15) is 0 Å². The second kappa shape index (κ2) is 3.71. The molecule has 5 heteroatoms. The highest BCUT2D eigenvalue weighted by atomic mass is 35.7. The summed E-state index contributed by atoms with van der Waals surface area (Å²) in [6, 6.07) is 5.48. The molecular formula is C9H8ClNO2S. The van der Waals surface area contributed by atoms with Gasteiger partial charge in [-0.1, -0.05) is 0 Å². The summed E-state index contributed by atoms with van der Waals surface area (Å²) in [5, 5.41) is 0. The molecule has 14 heavy (non-hydrogen) atoms. The largest absolute Gasteiger partial charge is 0.423 e. The van der Waals surface area contributed by atoms with Gasteiger partial charge in [0.05, 0.1) is 5.69 Å². The van der Waals surface area contributed by atoms with Crippen molar-refractivity contribution < 1.29 is 9.53 Å². The minimum Gasteiger partial charge on any atom is -0.423 e. The second-order valence-electron chi connectivity index (χ2n) is 3.04. The van der Waals surface area contributed by atoms with Crippen molar-refractivity contribution in [3.05, 3.63) is 18.2 Å². The quantitative estimate of drug-likeness (QED) is 0.546. The van der Waals surface area contributed by atoms with E-state index in [0.29, 0.717) is 5.75 Å². The van der Waals surface area contributed by atoms with E-state index in [2.05, 4.69) is 0 Å². The van der Waals surface area contributed by atoms with Crippen molar-refractivity contribution in [3.63, 3.8) is 0 Å². The predicted octanol–water partition coefficient (Wildman–Crippen LogP) is 2.29. The van der Waals surface area contributed by atoms with Crippen molar-refractivity contribution in [2.75, 3.05) is 18.5 Å². The number of benzene rings is 1. The number of hydrogen-bond acceptors (Lipinski definition) is 4. The molecule has 1 aliphatic rings. The molecule has 2 rings (SSSR count). The normalized spacial score (nSPS) is 15.0. The van der Waals surface area contributed by atoms with Crippen molar-refractivity contribution in [2.24, 2.45) is 0 Å². The molecular weight excluding hydrogens is 222 g/mol. The molecule has 1 aromatic carbocycles. The van der Waals surface area contributed by atoms with Crippen LogP contribution in [0.4, 0.5) is 5.69 Å². The monoisotopic (exact) mass is 229 g/mol. The molecule has 1 aromatic rings. The molecule has 0 radical (unpaired) electrons. The zero-order valence-corrected chi connectivity index (χ0v) is 9.06. The summed E-state index contributed by atoms with van der Waals surface area (Å²) in [7, 11) is 8.63. The SMILES string of the molecule is CN1CC(=O)Oc2ccc(SCl)cc21. The number of hydrogen-bond donors (Lipinski definition) is 0. The van der Waals surface area contributed by atoms with Crippen molar-refractivity contribution in [2.45, 2.75) is 4.90 Å². The maximum Gasteiger partial charge on any atom is 0.330 e. The Bertz CT molecular complexity index is 383. The highest BCUT2D eigenvalue weighted by Gasteiger charge is 2.21. The topological polar surface area (TPSA) is 29.5 Å². The lowest BCUT2D eigenvalue weighted by molar-refractivity contribution is -0.133. The average Bonchev–Trinajstić information content (AvgIpc) is 2.17. The van der Waals surface area contributed by atoms with Crippen LogP contribution in [0.5, 0.6) is 5.75 Å². The second-order valence-corrected chi connectivity index (χ2v) is 4.13. The van der Waals surface area contributed by atoms with Crippen LogP contribution in [0, 0.1) is 0 Å². The molecule has 1 aliphatic heterocycles. The Hall–Kier alpha value is -0.870. The van der Waals surface area contributed by atoms with Crippen LogP contribution in [0.1, 0.15) is 0 Å². The summed E-state index contributed by atoms with van der Waals surface area (Å²) < 4.78 is 5.07. The van der Waals surface area contributed by atoms with Crippen molar-refractivity contribution >= 4 is 33.3 Å². The Morgan fingerprint density at radius 1 is 1.57 bits per heavy atom. The van der Waals surface area contributed by atoms with Crippen molar-refractivity contribution in [3.8, 4) is 5.75 Å². The number of rotatable bonds is 1. The fourth-order valence-electron chi connectivity index (χ4n) is 1.36. The van der Waals surface area contributed by atoms with E-state index in [9.17, 15) is 4.79 Å². The molecule has 0 aromatic heterocycles. The number of fused-ring (bicyclic) bond motifs is 1. The lowest BCUT2D eigenvalue weighted by atomic mass is 10.2. The van der Waals surface area contributed by atoms with Crippen molar-refractivity contribution in [1.29, 1.82) is 0 Å². The first-order chi connectivity index (χ1) is 6.70. The molecule has 0 spiro atoms. The number of likely N-dealkylation sites (N-methyl/N-ethyl adjacent to an activating group) is 1. The third-order valence-corrected chi connectivity index (χ3v) is 2.99. The molecule has 0 fully saturated rings. The van der Waals surface area contributed by atoms with Crippen LogP contribution in [-0.2, 0) is 4.79 Å². The summed E-state index contributed by atoms with van der Waals surface area (Å²) in [4.78, 5) is 13.9. The van der Waals surface area contributed by atoms with E-state index in [4.69, 9.17) is 15.4 Å². The van der Waals surface area contributed by atoms with E-state index >= 15 is 0 Å². The average molecular weight is 230 g/mol. The van der Waals surface area contributed by atoms with E-state index in [1.807, 2.05) is 24.1 Å². The zero-order valence-electron chi connectivity index (χ0n) is 7.49. The standard InChI is InChI=1S/C9H8ClNO2S/c1-11-5-9(12)13-8-3-2-6(14-10)4-7(8)11/h2-4H,5H2,1H3. The van der Waals surface area contributed by atoms with E-state index in [1.54, 1.807) is 6.07 Å². The van der Waals surface area contributed by atoms with Gasteiger partial charge in [0.25, 0.3) is 0 Å². The Balaban J connectivity index is 2.44. The van der Waals surface area contributed by atoms with Crippen LogP contribution in [0.25, 0.3) is 0 Å². The van der Waals surface area contributed by atoms with E-state index in [1.165, 1.54) is 0 Å². The maximum atomic E-state index is 11.1. The summed E-state index contributed by atoms with van der Waals surface area (Å²) in [5.41, 5.74) is 0.898. The summed E-state index contributed by atoms with van der Waals surface area (Å²) in [6.45, 7) is 0.281. The van der Waals surface area contributed by atoms with E-state index in [-0.39, 0.29) is 12.5 Å². The molecule has 0 amide bonds. The van der Waals surface area contributed by atoms with Gasteiger partial charge in [0.2, 0.25) is 0 Å². The Morgan fingerprint density at radius 2 is 2.36 bits per heavy atom. The van der Waals surface area contributed by atoms with Gasteiger partial charge in [0.15, 0.2) is 5.75 Å². The summed E-state index contributed by atoms with van der Waals surface area (Å²) >= 11 is 0. The third-order valence-electron chi connectivity index (χ3n) is 2.02. The van der Waals surface area contributed by atoms with Gasteiger partial charge >= 0.3 is 5.97 Å². The first-order valence-electron chi connectivity index (χ1n) is 4.05. The number of nitrogens with zero attached hydrogens (tertiary/aromatic N) is 1. The number of esters is 1. The molecule has 0 N–H and O–H groups in total. The predicted molar refractivity (Wildman–Crippen MR) is 57.1 cm³/mol. The van der Waals surface area contributed by atoms with E-state index in [0.717, 1.165) is 21.6 Å². The van der Waals surface area contributed by atoms with Gasteiger partial charge in [0.1, 0.15) is 6.54 Å². The molecule has 0 saturated heterocycles. The van der Waals surface area contributed by atoms with Gasteiger partial charge in [-0.25, -0.2) is 4.79 Å². The lowest BCUT2D eigenvalue weighted by Gasteiger charge is -2.26. The van der Waals surface area contributed by atoms with Crippen molar-refractivity contribution in [1.82, 2.24) is 0 Å². The van der Waals surface area contributed by atoms with Crippen LogP contribution >= 0.6 is 21.7 Å². The highest BCUT2D eigenvalue weighted by Crippen LogP contribution is 2.35. The third kappa shape index (κ3) is 1.67. The summed E-state index contributed by atoms with van der Waals surface area (Å²) in [5.74, 6) is 0.365.